The first-order valence-corrected chi connectivity index (χ1v) is 11.2. The van der Waals surface area contributed by atoms with Crippen LogP contribution in [0.1, 0.15) is 50.2 Å². The normalized spacial score (nSPS) is 13.6. The van der Waals surface area contributed by atoms with Gasteiger partial charge in [-0.25, -0.2) is 9.59 Å². The molecule has 2 aromatic rings. The maximum absolute atomic E-state index is 12.2. The van der Waals surface area contributed by atoms with Crippen molar-refractivity contribution in [3.05, 3.63) is 71.3 Å². The van der Waals surface area contributed by atoms with Crippen LogP contribution in [-0.4, -0.2) is 42.3 Å². The number of benzene rings is 2. The van der Waals surface area contributed by atoms with Crippen molar-refractivity contribution in [1.29, 1.82) is 0 Å². The molecule has 0 heterocycles. The van der Waals surface area contributed by atoms with Crippen molar-refractivity contribution in [2.24, 2.45) is 0 Å². The molecule has 2 aromatic carbocycles. The molecule has 2 amide bonds. The van der Waals surface area contributed by atoms with Crippen molar-refractivity contribution in [2.75, 3.05) is 13.2 Å². The second-order valence-corrected chi connectivity index (χ2v) is 8.10. The Bertz CT molecular complexity index is 1000. The van der Waals surface area contributed by atoms with Crippen molar-refractivity contribution in [2.45, 2.75) is 45.1 Å². The fourth-order valence-corrected chi connectivity index (χ4v) is 3.97. The Morgan fingerprint density at radius 1 is 1.06 bits per heavy atom. The third-order valence-electron chi connectivity index (χ3n) is 5.81. The minimum Gasteiger partial charge on any atom is -0.480 e. The lowest BCUT2D eigenvalue weighted by Gasteiger charge is -2.15. The van der Waals surface area contributed by atoms with Crippen molar-refractivity contribution in [1.82, 2.24) is 10.6 Å². The highest BCUT2D eigenvalue weighted by atomic mass is 16.5. The van der Waals surface area contributed by atoms with E-state index in [2.05, 4.69) is 34.9 Å². The topological polar surface area (TPSA) is 105 Å². The van der Waals surface area contributed by atoms with Gasteiger partial charge in [-0.05, 0) is 35.6 Å². The largest absolute Gasteiger partial charge is 0.480 e. The molecule has 33 heavy (non-hydrogen) atoms. The number of ether oxygens (including phenoxy) is 1. The number of aliphatic carboxylic acids is 1. The van der Waals surface area contributed by atoms with Crippen LogP contribution in [0.2, 0.25) is 0 Å². The molecule has 7 nitrogen and oxygen atoms in total. The number of carboxylic acids is 1. The number of nitrogens with one attached hydrogen (secondary N) is 2. The second-order valence-electron chi connectivity index (χ2n) is 8.10. The molecule has 0 aromatic heterocycles. The van der Waals surface area contributed by atoms with E-state index >= 15 is 0 Å². The summed E-state index contributed by atoms with van der Waals surface area (Å²) in [5, 5.41) is 14.4. The molecule has 1 unspecified atom stereocenters. The number of carbonyl (C=O) groups excluding carboxylic acids is 2. The zero-order chi connectivity index (χ0) is 23.8. The highest BCUT2D eigenvalue weighted by molar-refractivity contribution is 5.95. The zero-order valence-electron chi connectivity index (χ0n) is 19.0. The van der Waals surface area contributed by atoms with Crippen LogP contribution in [0.4, 0.5) is 4.79 Å². The summed E-state index contributed by atoms with van der Waals surface area (Å²) >= 11 is 0. The van der Waals surface area contributed by atoms with Crippen LogP contribution < -0.4 is 10.6 Å². The van der Waals surface area contributed by atoms with Gasteiger partial charge in [-0.15, -0.1) is 0 Å². The highest BCUT2D eigenvalue weighted by Gasteiger charge is 2.29. The van der Waals surface area contributed by atoms with Crippen LogP contribution in [0, 0.1) is 0 Å². The van der Waals surface area contributed by atoms with Crippen LogP contribution in [0.15, 0.2) is 60.2 Å². The number of amides is 2. The molecule has 0 fully saturated rings. The molecule has 174 valence electrons. The predicted octanol–water partition coefficient (Wildman–Crippen LogP) is 4.23. The summed E-state index contributed by atoms with van der Waals surface area (Å²) in [5.41, 5.74) is 4.91. The van der Waals surface area contributed by atoms with Crippen LogP contribution >= 0.6 is 0 Å². The summed E-state index contributed by atoms with van der Waals surface area (Å²) in [6, 6.07) is 15.3. The van der Waals surface area contributed by atoms with Gasteiger partial charge in [0, 0.05) is 18.0 Å². The quantitative estimate of drug-likeness (QED) is 0.470. The molecule has 1 aliphatic carbocycles. The number of unbranched alkanes of at least 4 members (excludes halogenated alkanes) is 1. The Kier molecular flexibility index (Phi) is 8.24. The number of hydrogen-bond donors (Lipinski definition) is 3. The Morgan fingerprint density at radius 3 is 2.24 bits per heavy atom. The number of alkyl carbamates (subject to hydrolysis) is 1. The number of fused-ring (bicyclic) bond motifs is 3. The number of hydrogen-bond acceptors (Lipinski definition) is 4. The van der Waals surface area contributed by atoms with Gasteiger partial charge in [-0.1, -0.05) is 74.4 Å². The standard InChI is InChI=1S/C26H30N2O5/c1-3-4-13-23(25(30)31)28-24(29)17(2)14-15-27-26(32)33-16-22-20-11-7-5-9-18(20)19-10-6-8-12-21(19)22/h5-12,14,22-23H,3-4,13,15-16H2,1-2H3,(H,27,32)(H,28,29)(H,30,31)/b17-14+. The molecule has 7 heteroatoms. The second kappa shape index (κ2) is 11.3. The minimum absolute atomic E-state index is 0.0257. The van der Waals surface area contributed by atoms with Gasteiger partial charge in [0.1, 0.15) is 12.6 Å². The van der Waals surface area contributed by atoms with Gasteiger partial charge in [0.25, 0.3) is 0 Å². The molecule has 0 radical (unpaired) electrons. The molecule has 0 spiro atoms. The van der Waals surface area contributed by atoms with E-state index in [1.54, 1.807) is 6.92 Å². The Hall–Kier alpha value is -3.61. The molecule has 1 aliphatic rings. The first kappa shape index (κ1) is 24.0. The van der Waals surface area contributed by atoms with Crippen molar-refractivity contribution in [3.63, 3.8) is 0 Å². The van der Waals surface area contributed by atoms with Gasteiger partial charge in [0.05, 0.1) is 0 Å². The molecule has 3 rings (SSSR count). The first-order valence-electron chi connectivity index (χ1n) is 11.2. The first-order chi connectivity index (χ1) is 15.9. The number of rotatable bonds is 10. The lowest BCUT2D eigenvalue weighted by molar-refractivity contribution is -0.141. The predicted molar refractivity (Wildman–Crippen MR) is 126 cm³/mol. The van der Waals surface area contributed by atoms with Crippen LogP contribution in [0.3, 0.4) is 0 Å². The molecule has 0 saturated heterocycles. The molecule has 1 atom stereocenters. The van der Waals surface area contributed by atoms with Crippen LogP contribution in [0.5, 0.6) is 0 Å². The van der Waals surface area contributed by atoms with Gasteiger partial charge >= 0.3 is 12.1 Å². The van der Waals surface area contributed by atoms with E-state index < -0.39 is 24.0 Å². The third-order valence-corrected chi connectivity index (χ3v) is 5.81. The molecule has 3 N–H and O–H groups in total. The third kappa shape index (κ3) is 6.00. The van der Waals surface area contributed by atoms with E-state index in [1.165, 1.54) is 6.08 Å². The lowest BCUT2D eigenvalue weighted by Crippen LogP contribution is -2.41. The number of carboxylic acid groups (broad SMARTS) is 1. The smallest absolute Gasteiger partial charge is 0.407 e. The molecular weight excluding hydrogens is 420 g/mol. The van der Waals surface area contributed by atoms with E-state index in [0.717, 1.165) is 28.7 Å². The molecule has 0 aliphatic heterocycles. The maximum atomic E-state index is 12.2. The van der Waals surface area contributed by atoms with E-state index in [1.807, 2.05) is 31.2 Å². The van der Waals surface area contributed by atoms with E-state index in [-0.39, 0.29) is 19.1 Å². The summed E-state index contributed by atoms with van der Waals surface area (Å²) in [7, 11) is 0. The van der Waals surface area contributed by atoms with E-state index in [0.29, 0.717) is 18.4 Å². The Labute approximate surface area is 193 Å². The van der Waals surface area contributed by atoms with Crippen molar-refractivity contribution in [3.8, 4) is 11.1 Å². The van der Waals surface area contributed by atoms with Crippen molar-refractivity contribution < 1.29 is 24.2 Å². The summed E-state index contributed by atoms with van der Waals surface area (Å²) in [6.07, 6.45) is 2.90. The zero-order valence-corrected chi connectivity index (χ0v) is 19.0. The summed E-state index contributed by atoms with van der Waals surface area (Å²) < 4.78 is 5.46. The van der Waals surface area contributed by atoms with Crippen molar-refractivity contribution >= 4 is 18.0 Å². The fourth-order valence-electron chi connectivity index (χ4n) is 3.97. The summed E-state index contributed by atoms with van der Waals surface area (Å²) in [4.78, 5) is 35.8. The molecular formula is C26H30N2O5. The van der Waals surface area contributed by atoms with E-state index in [4.69, 9.17) is 4.74 Å². The highest BCUT2D eigenvalue weighted by Crippen LogP contribution is 2.44. The average molecular weight is 451 g/mol. The van der Waals surface area contributed by atoms with Gasteiger partial charge in [-0.2, -0.15) is 0 Å². The van der Waals surface area contributed by atoms with Crippen LogP contribution in [-0.2, 0) is 14.3 Å². The lowest BCUT2D eigenvalue weighted by atomic mass is 9.98. The Balaban J connectivity index is 1.50. The number of carbonyl (C=O) groups is 3. The van der Waals surface area contributed by atoms with Gasteiger partial charge < -0.3 is 20.5 Å². The van der Waals surface area contributed by atoms with Gasteiger partial charge in [-0.3, -0.25) is 4.79 Å². The van der Waals surface area contributed by atoms with Gasteiger partial charge in [0.2, 0.25) is 5.91 Å². The summed E-state index contributed by atoms with van der Waals surface area (Å²) in [6.45, 7) is 3.84. The minimum atomic E-state index is -1.05. The monoisotopic (exact) mass is 450 g/mol. The maximum Gasteiger partial charge on any atom is 0.407 e. The Morgan fingerprint density at radius 2 is 1.67 bits per heavy atom. The fraction of sp³-hybridized carbons (Fsp3) is 0.346. The molecule has 0 saturated carbocycles. The summed E-state index contributed by atoms with van der Waals surface area (Å²) in [5.74, 6) is -1.54. The SMILES string of the molecule is CCCCC(NC(=O)/C(C)=C/CNC(=O)OCC1c2ccccc2-c2ccccc21)C(=O)O. The average Bonchev–Trinajstić information content (AvgIpc) is 3.13. The van der Waals surface area contributed by atoms with E-state index in [9.17, 15) is 19.5 Å². The van der Waals surface area contributed by atoms with Crippen LogP contribution in [0.25, 0.3) is 11.1 Å². The molecule has 0 bridgehead atoms. The van der Waals surface area contributed by atoms with Gasteiger partial charge in [0.15, 0.2) is 0 Å².